The maximum atomic E-state index is 14.1. The van der Waals surface area contributed by atoms with Crippen LogP contribution in [0.25, 0.3) is 11.1 Å². The minimum atomic E-state index is -0.199. The molecule has 4 heteroatoms. The van der Waals surface area contributed by atoms with Crippen LogP contribution in [0.5, 0.6) is 0 Å². The first-order chi connectivity index (χ1) is 9.06. The molecule has 0 amide bonds. The lowest BCUT2D eigenvalue weighted by Crippen LogP contribution is -2.12. The average molecular weight is 261 g/mol. The number of nitrogens with zero attached hydrogens (tertiary/aromatic N) is 2. The van der Waals surface area contributed by atoms with Crippen LogP contribution in [0.4, 0.5) is 4.39 Å². The Morgan fingerprint density at radius 3 is 2.74 bits per heavy atom. The van der Waals surface area contributed by atoms with Gasteiger partial charge in [0.25, 0.3) is 0 Å². The number of halogens is 1. The van der Waals surface area contributed by atoms with Gasteiger partial charge in [-0.15, -0.1) is 0 Å². The van der Waals surface area contributed by atoms with E-state index in [2.05, 4.69) is 17.3 Å². The van der Waals surface area contributed by atoms with Crippen LogP contribution in [-0.4, -0.2) is 16.8 Å². The van der Waals surface area contributed by atoms with Gasteiger partial charge in [0.05, 0.1) is 5.69 Å². The fourth-order valence-electron chi connectivity index (χ4n) is 2.21. The first-order valence-corrected chi connectivity index (χ1v) is 6.56. The molecule has 3 nitrogen and oxygen atoms in total. The zero-order valence-electron chi connectivity index (χ0n) is 11.9. The van der Waals surface area contributed by atoms with Crippen LogP contribution < -0.4 is 5.32 Å². The van der Waals surface area contributed by atoms with E-state index < -0.39 is 0 Å². The van der Waals surface area contributed by atoms with Gasteiger partial charge in [0.15, 0.2) is 0 Å². The smallest absolute Gasteiger partial charge is 0.131 e. The van der Waals surface area contributed by atoms with E-state index in [4.69, 9.17) is 0 Å². The Morgan fingerprint density at radius 2 is 2.11 bits per heavy atom. The molecule has 0 aliphatic carbocycles. The number of aryl methyl sites for hydroxylation is 2. The Hall–Kier alpha value is -1.68. The Morgan fingerprint density at radius 1 is 1.37 bits per heavy atom. The zero-order chi connectivity index (χ0) is 14.0. The molecule has 1 N–H and O–H groups in total. The predicted octanol–water partition coefficient (Wildman–Crippen LogP) is 3.07. The van der Waals surface area contributed by atoms with Crippen molar-refractivity contribution in [3.05, 3.63) is 41.5 Å². The molecule has 0 aliphatic rings. The van der Waals surface area contributed by atoms with Gasteiger partial charge in [-0.25, -0.2) is 4.39 Å². The van der Waals surface area contributed by atoms with E-state index >= 15 is 0 Å². The van der Waals surface area contributed by atoms with Crippen molar-refractivity contribution in [2.45, 2.75) is 26.3 Å². The van der Waals surface area contributed by atoms with E-state index in [1.165, 1.54) is 6.07 Å². The van der Waals surface area contributed by atoms with Crippen LogP contribution in [0.15, 0.2) is 24.4 Å². The Kier molecular flexibility index (Phi) is 4.00. The van der Waals surface area contributed by atoms with E-state index in [1.807, 2.05) is 39.3 Å². The SMILES string of the molecule is CCc1nn(C)cc1-c1cc(C(C)NC)ccc1F. The van der Waals surface area contributed by atoms with Crippen molar-refractivity contribution in [3.63, 3.8) is 0 Å². The van der Waals surface area contributed by atoms with Crippen LogP contribution >= 0.6 is 0 Å². The van der Waals surface area contributed by atoms with Gasteiger partial charge in [-0.1, -0.05) is 13.0 Å². The van der Waals surface area contributed by atoms with Crippen molar-refractivity contribution >= 4 is 0 Å². The fraction of sp³-hybridized carbons (Fsp3) is 0.400. The van der Waals surface area contributed by atoms with Crippen molar-refractivity contribution in [2.24, 2.45) is 7.05 Å². The quantitative estimate of drug-likeness (QED) is 0.916. The molecule has 1 aromatic heterocycles. The summed E-state index contributed by atoms with van der Waals surface area (Å²) in [4.78, 5) is 0. The summed E-state index contributed by atoms with van der Waals surface area (Å²) in [7, 11) is 3.76. The third kappa shape index (κ3) is 2.68. The Bertz CT molecular complexity index is 575. The van der Waals surface area contributed by atoms with E-state index in [1.54, 1.807) is 4.68 Å². The van der Waals surface area contributed by atoms with E-state index in [0.717, 1.165) is 23.2 Å². The van der Waals surface area contributed by atoms with Crippen molar-refractivity contribution in [2.75, 3.05) is 7.05 Å². The second-order valence-electron chi connectivity index (χ2n) is 4.77. The highest BCUT2D eigenvalue weighted by Crippen LogP contribution is 2.28. The lowest BCUT2D eigenvalue weighted by atomic mass is 9.99. The third-order valence-corrected chi connectivity index (χ3v) is 3.45. The summed E-state index contributed by atoms with van der Waals surface area (Å²) in [5.74, 6) is -0.199. The van der Waals surface area contributed by atoms with Gasteiger partial charge < -0.3 is 5.32 Å². The zero-order valence-corrected chi connectivity index (χ0v) is 11.9. The van der Waals surface area contributed by atoms with E-state index in [9.17, 15) is 4.39 Å². The fourth-order valence-corrected chi connectivity index (χ4v) is 2.21. The van der Waals surface area contributed by atoms with Crippen molar-refractivity contribution in [3.8, 4) is 11.1 Å². The molecule has 2 rings (SSSR count). The van der Waals surface area contributed by atoms with Crippen LogP contribution in [0.2, 0.25) is 0 Å². The maximum Gasteiger partial charge on any atom is 0.131 e. The topological polar surface area (TPSA) is 29.9 Å². The van der Waals surface area contributed by atoms with Crippen molar-refractivity contribution in [1.29, 1.82) is 0 Å². The van der Waals surface area contributed by atoms with Crippen molar-refractivity contribution < 1.29 is 4.39 Å². The number of rotatable bonds is 4. The van der Waals surface area contributed by atoms with Gasteiger partial charge in [-0.3, -0.25) is 4.68 Å². The van der Waals surface area contributed by atoms with Crippen LogP contribution in [-0.2, 0) is 13.5 Å². The maximum absolute atomic E-state index is 14.1. The summed E-state index contributed by atoms with van der Waals surface area (Å²) in [5.41, 5.74) is 3.51. The number of hydrogen-bond donors (Lipinski definition) is 1. The molecule has 0 fully saturated rings. The summed E-state index contributed by atoms with van der Waals surface area (Å²) < 4.78 is 15.8. The molecule has 1 heterocycles. The number of benzene rings is 1. The van der Waals surface area contributed by atoms with Crippen LogP contribution in [0.3, 0.4) is 0 Å². The van der Waals surface area contributed by atoms with Gasteiger partial charge in [-0.2, -0.15) is 5.10 Å². The number of nitrogens with one attached hydrogen (secondary N) is 1. The molecule has 2 aromatic rings. The summed E-state index contributed by atoms with van der Waals surface area (Å²) in [5, 5.41) is 7.55. The van der Waals surface area contributed by atoms with Gasteiger partial charge in [0.2, 0.25) is 0 Å². The summed E-state index contributed by atoms with van der Waals surface area (Å²) in [6.07, 6.45) is 2.67. The summed E-state index contributed by atoms with van der Waals surface area (Å²) >= 11 is 0. The van der Waals surface area contributed by atoms with Crippen molar-refractivity contribution in [1.82, 2.24) is 15.1 Å². The van der Waals surface area contributed by atoms with Crippen LogP contribution in [0.1, 0.15) is 31.1 Å². The van der Waals surface area contributed by atoms with Gasteiger partial charge in [0.1, 0.15) is 5.82 Å². The first-order valence-electron chi connectivity index (χ1n) is 6.56. The minimum absolute atomic E-state index is 0.195. The molecule has 1 unspecified atom stereocenters. The number of hydrogen-bond acceptors (Lipinski definition) is 2. The molecule has 1 atom stereocenters. The van der Waals surface area contributed by atoms with Gasteiger partial charge in [0, 0.05) is 30.4 Å². The van der Waals surface area contributed by atoms with Gasteiger partial charge >= 0.3 is 0 Å². The second kappa shape index (κ2) is 5.53. The predicted molar refractivity (Wildman–Crippen MR) is 75.5 cm³/mol. The molecule has 19 heavy (non-hydrogen) atoms. The second-order valence-corrected chi connectivity index (χ2v) is 4.77. The molecule has 0 spiro atoms. The lowest BCUT2D eigenvalue weighted by molar-refractivity contribution is 0.622. The molecular formula is C15H20FN3. The molecule has 1 aromatic carbocycles. The molecule has 0 saturated heterocycles. The normalized spacial score (nSPS) is 12.7. The molecular weight excluding hydrogens is 241 g/mol. The monoisotopic (exact) mass is 261 g/mol. The molecule has 102 valence electrons. The molecule has 0 bridgehead atoms. The molecule has 0 radical (unpaired) electrons. The molecule has 0 aliphatic heterocycles. The first kappa shape index (κ1) is 13.7. The lowest BCUT2D eigenvalue weighted by Gasteiger charge is -2.12. The van der Waals surface area contributed by atoms with E-state index in [0.29, 0.717) is 5.56 Å². The highest BCUT2D eigenvalue weighted by Gasteiger charge is 2.14. The summed E-state index contributed by atoms with van der Waals surface area (Å²) in [6, 6.07) is 5.46. The minimum Gasteiger partial charge on any atom is -0.313 e. The average Bonchev–Trinajstić information content (AvgIpc) is 2.79. The molecule has 0 saturated carbocycles. The number of aromatic nitrogens is 2. The standard InChI is InChI=1S/C15H20FN3/c1-5-15-13(9-19(4)18-15)12-8-11(10(2)17-3)6-7-14(12)16/h6-10,17H,5H2,1-4H3. The van der Waals surface area contributed by atoms with Crippen LogP contribution in [0, 0.1) is 5.82 Å². The third-order valence-electron chi connectivity index (χ3n) is 3.45. The summed E-state index contributed by atoms with van der Waals surface area (Å²) in [6.45, 7) is 4.09. The van der Waals surface area contributed by atoms with E-state index in [-0.39, 0.29) is 11.9 Å². The van der Waals surface area contributed by atoms with Gasteiger partial charge in [-0.05, 0) is 38.1 Å². The Balaban J connectivity index is 2.54. The largest absolute Gasteiger partial charge is 0.313 e. The highest BCUT2D eigenvalue weighted by atomic mass is 19.1. The highest BCUT2D eigenvalue weighted by molar-refractivity contribution is 5.67. The Labute approximate surface area is 113 Å².